The summed E-state index contributed by atoms with van der Waals surface area (Å²) in [5.41, 5.74) is 0. The Morgan fingerprint density at radius 3 is 1.85 bits per heavy atom. The number of ether oxygens (including phenoxy) is 6. The lowest BCUT2D eigenvalue weighted by atomic mass is 9.88. The third-order valence-electron chi connectivity index (χ3n) is 8.62. The van der Waals surface area contributed by atoms with E-state index in [1.165, 1.54) is 32.1 Å². The van der Waals surface area contributed by atoms with Crippen molar-refractivity contribution in [3.8, 4) is 0 Å². The summed E-state index contributed by atoms with van der Waals surface area (Å²) >= 11 is 0. The van der Waals surface area contributed by atoms with Crippen molar-refractivity contribution < 1.29 is 58.7 Å². The maximum Gasteiger partial charge on any atom is 0.305 e. The van der Waals surface area contributed by atoms with Crippen molar-refractivity contribution in [2.45, 2.75) is 153 Å². The molecule has 7 atom stereocenters. The van der Waals surface area contributed by atoms with E-state index in [-0.39, 0.29) is 31.2 Å². The number of esters is 1. The second kappa shape index (κ2) is 29.9. The minimum absolute atomic E-state index is 0.0948. The lowest BCUT2D eigenvalue weighted by Gasteiger charge is -2.39. The molecule has 12 heteroatoms. The van der Waals surface area contributed by atoms with Gasteiger partial charge in [0.2, 0.25) is 0 Å². The molecular formula is C35H68O12. The van der Waals surface area contributed by atoms with Crippen molar-refractivity contribution in [1.29, 1.82) is 0 Å². The van der Waals surface area contributed by atoms with Gasteiger partial charge < -0.3 is 54.0 Å². The van der Waals surface area contributed by atoms with Gasteiger partial charge in [-0.1, -0.05) is 71.1 Å². The first-order valence-electron chi connectivity index (χ1n) is 18.3. The molecule has 1 heterocycles. The fourth-order valence-electron chi connectivity index (χ4n) is 5.76. The molecule has 12 nitrogen and oxygen atoms in total. The predicted octanol–water partition coefficient (Wildman–Crippen LogP) is 3.65. The number of hydrogen-bond acceptors (Lipinski definition) is 12. The maximum atomic E-state index is 11.5. The Hall–Kier alpha value is -0.930. The van der Waals surface area contributed by atoms with Crippen LogP contribution in [0.5, 0.6) is 0 Å². The molecule has 47 heavy (non-hydrogen) atoms. The van der Waals surface area contributed by atoms with Crippen molar-refractivity contribution >= 4 is 5.97 Å². The number of carbonyl (C=O) groups is 1. The SMILES string of the molecule is CCCCCCCCC(O)C(CCCCCCCC(=O)OCC)CCCOCCOCCOCCOC1OC(CO)C(O)C(O)C1O. The number of hydrogen-bond donors (Lipinski definition) is 5. The maximum absolute atomic E-state index is 11.5. The Morgan fingerprint density at radius 2 is 1.21 bits per heavy atom. The molecule has 0 bridgehead atoms. The van der Waals surface area contributed by atoms with Crippen LogP contribution in [-0.4, -0.2) is 128 Å². The van der Waals surface area contributed by atoms with Crippen molar-refractivity contribution in [1.82, 2.24) is 0 Å². The van der Waals surface area contributed by atoms with Gasteiger partial charge in [0.25, 0.3) is 0 Å². The summed E-state index contributed by atoms with van der Waals surface area (Å²) in [6.07, 6.45) is 10.0. The van der Waals surface area contributed by atoms with Crippen molar-refractivity contribution in [3.63, 3.8) is 0 Å². The van der Waals surface area contributed by atoms with Crippen LogP contribution in [0.15, 0.2) is 0 Å². The largest absolute Gasteiger partial charge is 0.466 e. The van der Waals surface area contributed by atoms with E-state index in [2.05, 4.69) is 6.92 Å². The molecule has 0 saturated carbocycles. The van der Waals surface area contributed by atoms with Gasteiger partial charge in [-0.25, -0.2) is 0 Å². The van der Waals surface area contributed by atoms with Gasteiger partial charge >= 0.3 is 5.97 Å². The summed E-state index contributed by atoms with van der Waals surface area (Å²) in [5, 5.41) is 49.8. The summed E-state index contributed by atoms with van der Waals surface area (Å²) in [7, 11) is 0. The van der Waals surface area contributed by atoms with Crippen LogP contribution >= 0.6 is 0 Å². The number of aliphatic hydroxyl groups is 5. The van der Waals surface area contributed by atoms with Crippen LogP contribution in [0.4, 0.5) is 0 Å². The van der Waals surface area contributed by atoms with E-state index in [0.717, 1.165) is 64.2 Å². The third kappa shape index (κ3) is 21.7. The average Bonchev–Trinajstić information content (AvgIpc) is 3.06. The zero-order valence-electron chi connectivity index (χ0n) is 29.3. The van der Waals surface area contributed by atoms with Crippen molar-refractivity contribution in [2.24, 2.45) is 5.92 Å². The van der Waals surface area contributed by atoms with Crippen molar-refractivity contribution in [2.75, 3.05) is 59.5 Å². The summed E-state index contributed by atoms with van der Waals surface area (Å²) in [5.74, 6) is 0.177. The van der Waals surface area contributed by atoms with E-state index >= 15 is 0 Å². The van der Waals surface area contributed by atoms with Gasteiger partial charge in [-0.05, 0) is 44.9 Å². The van der Waals surface area contributed by atoms with Gasteiger partial charge in [-0.15, -0.1) is 0 Å². The minimum atomic E-state index is -1.47. The molecule has 1 fully saturated rings. The average molecular weight is 681 g/mol. The van der Waals surface area contributed by atoms with E-state index in [9.17, 15) is 30.3 Å². The molecular weight excluding hydrogens is 612 g/mol. The second-order valence-electron chi connectivity index (χ2n) is 12.5. The number of unbranched alkanes of at least 4 members (excludes halogenated alkanes) is 9. The van der Waals surface area contributed by atoms with Crippen LogP contribution in [0.1, 0.15) is 117 Å². The number of aliphatic hydroxyl groups excluding tert-OH is 5. The summed E-state index contributed by atoms with van der Waals surface area (Å²) in [6, 6.07) is 0. The molecule has 0 aliphatic carbocycles. The van der Waals surface area contributed by atoms with Crippen LogP contribution in [-0.2, 0) is 33.2 Å². The predicted molar refractivity (Wildman–Crippen MR) is 178 cm³/mol. The Bertz CT molecular complexity index is 712. The molecule has 1 rings (SSSR count). The summed E-state index contributed by atoms with van der Waals surface area (Å²) in [6.45, 7) is 6.60. The molecule has 0 radical (unpaired) electrons. The molecule has 1 aliphatic rings. The first-order valence-corrected chi connectivity index (χ1v) is 18.3. The smallest absolute Gasteiger partial charge is 0.305 e. The lowest BCUT2D eigenvalue weighted by molar-refractivity contribution is -0.302. The fraction of sp³-hybridized carbons (Fsp3) is 0.971. The number of rotatable bonds is 32. The van der Waals surface area contributed by atoms with Gasteiger partial charge in [-0.2, -0.15) is 0 Å². The highest BCUT2D eigenvalue weighted by Crippen LogP contribution is 2.25. The number of carbonyl (C=O) groups excluding carboxylic acids is 1. The van der Waals surface area contributed by atoms with E-state index in [1.54, 1.807) is 0 Å². The molecule has 7 unspecified atom stereocenters. The second-order valence-corrected chi connectivity index (χ2v) is 12.5. The monoisotopic (exact) mass is 680 g/mol. The molecule has 0 amide bonds. The van der Waals surface area contributed by atoms with Gasteiger partial charge in [0.05, 0.1) is 59.0 Å². The molecule has 1 saturated heterocycles. The van der Waals surface area contributed by atoms with Crippen LogP contribution in [0, 0.1) is 5.92 Å². The van der Waals surface area contributed by atoms with Gasteiger partial charge in [-0.3, -0.25) is 4.79 Å². The van der Waals surface area contributed by atoms with Crippen molar-refractivity contribution in [3.05, 3.63) is 0 Å². The Kier molecular flexibility index (Phi) is 28.1. The quantitative estimate of drug-likeness (QED) is 0.0516. The standard InChI is InChI=1S/C35H68O12/c1-3-5-6-7-10-13-18-29(37)28(16-12-9-8-11-14-19-31(38)45-4-2)17-15-20-42-21-22-43-23-24-44-25-26-46-35-34(41)33(40)32(39)30(27-36)47-35/h28-30,32-37,39-41H,3-27H2,1-2H3. The topological polar surface area (TPSA) is 174 Å². The summed E-state index contributed by atoms with van der Waals surface area (Å²) in [4.78, 5) is 11.5. The minimum Gasteiger partial charge on any atom is -0.466 e. The van der Waals surface area contributed by atoms with E-state index in [4.69, 9.17) is 28.4 Å². The fourth-order valence-corrected chi connectivity index (χ4v) is 5.76. The van der Waals surface area contributed by atoms with Gasteiger partial charge in [0.15, 0.2) is 6.29 Å². The first-order chi connectivity index (χ1) is 22.8. The lowest BCUT2D eigenvalue weighted by Crippen LogP contribution is -2.59. The van der Waals surface area contributed by atoms with Crippen LogP contribution < -0.4 is 0 Å². The molecule has 0 aromatic rings. The molecule has 0 aromatic heterocycles. The molecule has 5 N–H and O–H groups in total. The molecule has 1 aliphatic heterocycles. The zero-order valence-corrected chi connectivity index (χ0v) is 29.3. The Labute approximate surface area is 283 Å². The molecule has 280 valence electrons. The molecule has 0 aromatic carbocycles. The Balaban J connectivity index is 2.14. The van der Waals surface area contributed by atoms with Crippen LogP contribution in [0.3, 0.4) is 0 Å². The van der Waals surface area contributed by atoms with E-state index in [1.807, 2.05) is 6.92 Å². The van der Waals surface area contributed by atoms with Crippen LogP contribution in [0.2, 0.25) is 0 Å². The molecule has 0 spiro atoms. The Morgan fingerprint density at radius 1 is 0.660 bits per heavy atom. The highest BCUT2D eigenvalue weighted by Gasteiger charge is 2.43. The summed E-state index contributed by atoms with van der Waals surface area (Å²) < 4.78 is 32.4. The highest BCUT2D eigenvalue weighted by molar-refractivity contribution is 5.69. The van der Waals surface area contributed by atoms with Gasteiger partial charge in [0, 0.05) is 13.0 Å². The van der Waals surface area contributed by atoms with Gasteiger partial charge in [0.1, 0.15) is 24.4 Å². The normalized spacial score (nSPS) is 22.7. The first kappa shape index (κ1) is 44.1. The van der Waals surface area contributed by atoms with Crippen LogP contribution in [0.25, 0.3) is 0 Å². The van der Waals surface area contributed by atoms with E-state index in [0.29, 0.717) is 46.1 Å². The third-order valence-corrected chi connectivity index (χ3v) is 8.62. The highest BCUT2D eigenvalue weighted by atomic mass is 16.7. The van der Waals surface area contributed by atoms with E-state index < -0.39 is 37.3 Å². The zero-order chi connectivity index (χ0) is 34.5.